The largest absolute Gasteiger partial charge is 0.385 e. The second kappa shape index (κ2) is 5.56. The Kier molecular flexibility index (Phi) is 4.37. The molecule has 1 aromatic rings. The van der Waals surface area contributed by atoms with Crippen molar-refractivity contribution in [3.05, 3.63) is 29.8 Å². The van der Waals surface area contributed by atoms with Crippen molar-refractivity contribution in [2.45, 2.75) is 13.3 Å². The topological polar surface area (TPSA) is 39.2 Å². The summed E-state index contributed by atoms with van der Waals surface area (Å²) in [5.41, 5.74) is 0.105. The van der Waals surface area contributed by atoms with E-state index in [1.165, 1.54) is 12.3 Å². The average Bonchev–Trinajstić information content (AvgIpc) is 2.25. The molecule has 1 aromatic heterocycles. The molecule has 0 amide bonds. The van der Waals surface area contributed by atoms with Gasteiger partial charge in [0.15, 0.2) is 11.6 Å². The van der Waals surface area contributed by atoms with Gasteiger partial charge in [-0.25, -0.2) is 4.39 Å². The fourth-order valence-corrected chi connectivity index (χ4v) is 1.27. The van der Waals surface area contributed by atoms with E-state index in [1.807, 2.05) is 0 Å². The maximum atomic E-state index is 13.2. The zero-order valence-corrected chi connectivity index (χ0v) is 8.87. The summed E-state index contributed by atoms with van der Waals surface area (Å²) in [5, 5.41) is 0. The van der Waals surface area contributed by atoms with Crippen LogP contribution in [0.1, 0.15) is 23.7 Å². The Bertz CT molecular complexity index is 341. The van der Waals surface area contributed by atoms with E-state index in [4.69, 9.17) is 4.74 Å². The van der Waals surface area contributed by atoms with Crippen LogP contribution in [0.2, 0.25) is 0 Å². The second-order valence-corrected chi connectivity index (χ2v) is 3.40. The first kappa shape index (κ1) is 11.8. The molecule has 0 aromatic carbocycles. The SMILES string of the molecule is COCCC(C)C(=O)c1ccncc1F. The number of carbonyl (C=O) groups is 1. The number of pyridine rings is 1. The lowest BCUT2D eigenvalue weighted by Gasteiger charge is -2.09. The molecule has 1 atom stereocenters. The third-order valence-corrected chi connectivity index (χ3v) is 2.24. The van der Waals surface area contributed by atoms with Crippen LogP contribution in [-0.4, -0.2) is 24.5 Å². The van der Waals surface area contributed by atoms with E-state index < -0.39 is 5.82 Å². The fraction of sp³-hybridized carbons (Fsp3) is 0.455. The summed E-state index contributed by atoms with van der Waals surface area (Å²) < 4.78 is 18.1. The number of Topliss-reactive ketones (excluding diaryl/α,β-unsaturated/α-hetero) is 1. The number of hydrogen-bond acceptors (Lipinski definition) is 3. The summed E-state index contributed by atoms with van der Waals surface area (Å²) in [4.78, 5) is 15.3. The van der Waals surface area contributed by atoms with Crippen LogP contribution in [0.15, 0.2) is 18.5 Å². The van der Waals surface area contributed by atoms with Crippen LogP contribution in [0, 0.1) is 11.7 Å². The van der Waals surface area contributed by atoms with Gasteiger partial charge in [0.2, 0.25) is 0 Å². The number of rotatable bonds is 5. The Morgan fingerprint density at radius 1 is 1.67 bits per heavy atom. The number of aromatic nitrogens is 1. The van der Waals surface area contributed by atoms with Crippen LogP contribution < -0.4 is 0 Å². The van der Waals surface area contributed by atoms with Crippen LogP contribution in [0.3, 0.4) is 0 Å². The van der Waals surface area contributed by atoms with Gasteiger partial charge in [0.25, 0.3) is 0 Å². The number of nitrogens with zero attached hydrogens (tertiary/aromatic N) is 1. The summed E-state index contributed by atoms with van der Waals surface area (Å²) in [7, 11) is 1.57. The van der Waals surface area contributed by atoms with E-state index >= 15 is 0 Å². The Labute approximate surface area is 88.3 Å². The average molecular weight is 211 g/mol. The van der Waals surface area contributed by atoms with Crippen molar-refractivity contribution in [3.8, 4) is 0 Å². The molecule has 0 radical (unpaired) electrons. The molecule has 82 valence electrons. The molecule has 0 aliphatic rings. The first-order valence-corrected chi connectivity index (χ1v) is 4.79. The van der Waals surface area contributed by atoms with E-state index in [9.17, 15) is 9.18 Å². The molecule has 0 spiro atoms. The highest BCUT2D eigenvalue weighted by atomic mass is 19.1. The lowest BCUT2D eigenvalue weighted by atomic mass is 9.97. The summed E-state index contributed by atoms with van der Waals surface area (Å²) in [6, 6.07) is 1.40. The normalized spacial score (nSPS) is 12.5. The second-order valence-electron chi connectivity index (χ2n) is 3.40. The molecule has 0 bridgehead atoms. The monoisotopic (exact) mass is 211 g/mol. The summed E-state index contributed by atoms with van der Waals surface area (Å²) >= 11 is 0. The van der Waals surface area contributed by atoms with Gasteiger partial charge < -0.3 is 4.74 Å². The van der Waals surface area contributed by atoms with Gasteiger partial charge in [-0.2, -0.15) is 0 Å². The molecule has 0 aliphatic heterocycles. The third-order valence-electron chi connectivity index (χ3n) is 2.24. The van der Waals surface area contributed by atoms with Crippen molar-refractivity contribution >= 4 is 5.78 Å². The van der Waals surface area contributed by atoms with Crippen LogP contribution in [0.4, 0.5) is 4.39 Å². The predicted octanol–water partition coefficient (Wildman–Crippen LogP) is 2.08. The van der Waals surface area contributed by atoms with Crippen molar-refractivity contribution in [2.24, 2.45) is 5.92 Å². The first-order valence-electron chi connectivity index (χ1n) is 4.79. The quantitative estimate of drug-likeness (QED) is 0.700. The molecular formula is C11H14FNO2. The first-order chi connectivity index (χ1) is 7.16. The highest BCUT2D eigenvalue weighted by Gasteiger charge is 2.18. The van der Waals surface area contributed by atoms with Crippen molar-refractivity contribution in [1.29, 1.82) is 0 Å². The zero-order chi connectivity index (χ0) is 11.3. The number of carbonyl (C=O) groups excluding carboxylic acids is 1. The molecular weight excluding hydrogens is 197 g/mol. The van der Waals surface area contributed by atoms with Gasteiger partial charge in [-0.15, -0.1) is 0 Å². The Morgan fingerprint density at radius 3 is 3.00 bits per heavy atom. The Balaban J connectivity index is 2.72. The van der Waals surface area contributed by atoms with E-state index in [-0.39, 0.29) is 17.3 Å². The highest BCUT2D eigenvalue weighted by Crippen LogP contribution is 2.14. The maximum absolute atomic E-state index is 13.2. The molecule has 4 heteroatoms. The van der Waals surface area contributed by atoms with Crippen molar-refractivity contribution < 1.29 is 13.9 Å². The maximum Gasteiger partial charge on any atom is 0.168 e. The molecule has 3 nitrogen and oxygen atoms in total. The molecule has 0 fully saturated rings. The van der Waals surface area contributed by atoms with E-state index in [1.54, 1.807) is 14.0 Å². The summed E-state index contributed by atoms with van der Waals surface area (Å²) in [6.45, 7) is 2.26. The van der Waals surface area contributed by atoms with E-state index in [2.05, 4.69) is 4.98 Å². The highest BCUT2D eigenvalue weighted by molar-refractivity contribution is 5.97. The Morgan fingerprint density at radius 2 is 2.40 bits per heavy atom. The summed E-state index contributed by atoms with van der Waals surface area (Å²) in [6.07, 6.45) is 3.06. The minimum Gasteiger partial charge on any atom is -0.385 e. The number of ether oxygens (including phenoxy) is 1. The predicted molar refractivity (Wildman–Crippen MR) is 54.2 cm³/mol. The molecule has 1 rings (SSSR count). The lowest BCUT2D eigenvalue weighted by Crippen LogP contribution is -2.15. The van der Waals surface area contributed by atoms with Gasteiger partial charge in [0.05, 0.1) is 11.8 Å². The fourth-order valence-electron chi connectivity index (χ4n) is 1.27. The Hall–Kier alpha value is -1.29. The van der Waals surface area contributed by atoms with E-state index in [0.29, 0.717) is 13.0 Å². The number of ketones is 1. The van der Waals surface area contributed by atoms with Crippen molar-refractivity contribution in [3.63, 3.8) is 0 Å². The van der Waals surface area contributed by atoms with E-state index in [0.717, 1.165) is 6.20 Å². The third kappa shape index (κ3) is 3.09. The van der Waals surface area contributed by atoms with Gasteiger partial charge in [-0.1, -0.05) is 6.92 Å². The van der Waals surface area contributed by atoms with Crippen molar-refractivity contribution in [1.82, 2.24) is 4.98 Å². The van der Waals surface area contributed by atoms with Crippen LogP contribution >= 0.6 is 0 Å². The zero-order valence-electron chi connectivity index (χ0n) is 8.87. The van der Waals surface area contributed by atoms with Gasteiger partial charge in [0.1, 0.15) is 0 Å². The lowest BCUT2D eigenvalue weighted by molar-refractivity contribution is 0.0889. The standard InChI is InChI=1S/C11H14FNO2/c1-8(4-6-15-2)11(14)9-3-5-13-7-10(9)12/h3,5,7-8H,4,6H2,1-2H3. The number of methoxy groups -OCH3 is 1. The molecule has 0 saturated heterocycles. The van der Waals surface area contributed by atoms with Gasteiger partial charge in [-0.05, 0) is 12.5 Å². The number of hydrogen-bond donors (Lipinski definition) is 0. The number of halogens is 1. The van der Waals surface area contributed by atoms with Crippen LogP contribution in [0.5, 0.6) is 0 Å². The minimum absolute atomic E-state index is 0.105. The molecule has 1 unspecified atom stereocenters. The smallest absolute Gasteiger partial charge is 0.168 e. The minimum atomic E-state index is -0.563. The van der Waals surface area contributed by atoms with Gasteiger partial charge >= 0.3 is 0 Å². The van der Waals surface area contributed by atoms with Crippen molar-refractivity contribution in [2.75, 3.05) is 13.7 Å². The molecule has 0 saturated carbocycles. The van der Waals surface area contributed by atoms with Gasteiger partial charge in [-0.3, -0.25) is 9.78 Å². The molecule has 15 heavy (non-hydrogen) atoms. The van der Waals surface area contributed by atoms with Gasteiger partial charge in [0, 0.05) is 25.8 Å². The van der Waals surface area contributed by atoms with Crippen LogP contribution in [-0.2, 0) is 4.74 Å². The summed E-state index contributed by atoms with van der Waals surface area (Å²) in [5.74, 6) is -0.999. The van der Waals surface area contributed by atoms with Crippen LogP contribution in [0.25, 0.3) is 0 Å². The molecule has 1 heterocycles. The molecule has 0 aliphatic carbocycles. The molecule has 0 N–H and O–H groups in total.